The summed E-state index contributed by atoms with van der Waals surface area (Å²) in [6.45, 7) is 5.82. The summed E-state index contributed by atoms with van der Waals surface area (Å²) in [6.07, 6.45) is 2.24. The van der Waals surface area contributed by atoms with E-state index in [0.29, 0.717) is 21.5 Å². The van der Waals surface area contributed by atoms with Crippen molar-refractivity contribution >= 4 is 29.3 Å². The summed E-state index contributed by atoms with van der Waals surface area (Å²) in [5, 5.41) is 13.9. The molecule has 1 heterocycles. The van der Waals surface area contributed by atoms with Gasteiger partial charge in [0.25, 0.3) is 0 Å². The van der Waals surface area contributed by atoms with E-state index in [0.717, 1.165) is 35.2 Å². The Morgan fingerprint density at radius 3 is 2.56 bits per heavy atom. The Balaban J connectivity index is 1.69. The van der Waals surface area contributed by atoms with Gasteiger partial charge in [-0.25, -0.2) is 4.98 Å². The minimum absolute atomic E-state index is 0.0141. The second kappa shape index (κ2) is 8.33. The highest BCUT2D eigenvalue weighted by Crippen LogP contribution is 2.41. The van der Waals surface area contributed by atoms with Crippen LogP contribution in [0.5, 0.6) is 0 Å². The maximum absolute atomic E-state index is 12.6. The molecule has 1 atom stereocenters. The number of amides is 1. The van der Waals surface area contributed by atoms with Crippen LogP contribution in [0.1, 0.15) is 46.8 Å². The molecular formula is C21H22ClN3OS. The van der Waals surface area contributed by atoms with Crippen molar-refractivity contribution in [1.82, 2.24) is 10.3 Å². The van der Waals surface area contributed by atoms with E-state index in [1.165, 1.54) is 11.8 Å². The Kier molecular flexibility index (Phi) is 6.08. The first-order chi connectivity index (χ1) is 12.9. The lowest BCUT2D eigenvalue weighted by Crippen LogP contribution is -2.31. The maximum atomic E-state index is 12.6. The smallest absolute Gasteiger partial charge is 0.230 e. The van der Waals surface area contributed by atoms with Crippen molar-refractivity contribution in [3.8, 4) is 6.07 Å². The highest BCUT2D eigenvalue weighted by atomic mass is 35.5. The Hall–Kier alpha value is -2.03. The van der Waals surface area contributed by atoms with Crippen molar-refractivity contribution < 1.29 is 4.79 Å². The van der Waals surface area contributed by atoms with E-state index in [9.17, 15) is 10.1 Å². The number of benzene rings is 1. The Morgan fingerprint density at radius 2 is 1.96 bits per heavy atom. The molecule has 1 aromatic heterocycles. The molecule has 0 spiro atoms. The number of hydrogen-bond donors (Lipinski definition) is 1. The van der Waals surface area contributed by atoms with E-state index in [1.807, 2.05) is 45.0 Å². The zero-order valence-electron chi connectivity index (χ0n) is 15.7. The molecular weight excluding hydrogens is 378 g/mol. The van der Waals surface area contributed by atoms with E-state index in [-0.39, 0.29) is 17.7 Å². The number of nitrogens with zero attached hydrogens (tertiary/aromatic N) is 2. The van der Waals surface area contributed by atoms with Crippen LogP contribution in [0.4, 0.5) is 0 Å². The molecule has 1 saturated carbocycles. The molecule has 4 nitrogen and oxygen atoms in total. The van der Waals surface area contributed by atoms with Crippen molar-refractivity contribution in [3.63, 3.8) is 0 Å². The SMILES string of the molecule is Cc1nc(SCC(=O)NC(c2ccc(Cl)cc2)C2CC2)c(C#N)c(C)c1C. The van der Waals surface area contributed by atoms with Crippen LogP contribution in [0.3, 0.4) is 0 Å². The number of rotatable bonds is 6. The minimum atomic E-state index is -0.0478. The van der Waals surface area contributed by atoms with Gasteiger partial charge in [0.1, 0.15) is 11.1 Å². The third-order valence-electron chi connectivity index (χ3n) is 5.05. The molecule has 0 aliphatic heterocycles. The zero-order chi connectivity index (χ0) is 19.6. The third kappa shape index (κ3) is 4.63. The summed E-state index contributed by atoms with van der Waals surface area (Å²) in [7, 11) is 0. The maximum Gasteiger partial charge on any atom is 0.230 e. The number of nitriles is 1. The molecule has 3 rings (SSSR count). The van der Waals surface area contributed by atoms with Gasteiger partial charge in [-0.15, -0.1) is 0 Å². The van der Waals surface area contributed by atoms with Gasteiger partial charge in [-0.1, -0.05) is 35.5 Å². The molecule has 0 saturated heterocycles. The molecule has 0 bridgehead atoms. The lowest BCUT2D eigenvalue weighted by molar-refractivity contribution is -0.119. The number of aryl methyl sites for hydroxylation is 1. The summed E-state index contributed by atoms with van der Waals surface area (Å²) < 4.78 is 0. The van der Waals surface area contributed by atoms with Crippen molar-refractivity contribution in [2.24, 2.45) is 5.92 Å². The van der Waals surface area contributed by atoms with Crippen LogP contribution in [-0.4, -0.2) is 16.6 Å². The van der Waals surface area contributed by atoms with E-state index in [2.05, 4.69) is 16.4 Å². The van der Waals surface area contributed by atoms with E-state index in [1.54, 1.807) is 0 Å². The molecule has 1 aromatic carbocycles. The average Bonchev–Trinajstić information content (AvgIpc) is 3.48. The van der Waals surface area contributed by atoms with Crippen molar-refractivity contribution in [3.05, 3.63) is 57.2 Å². The van der Waals surface area contributed by atoms with Crippen LogP contribution in [0.25, 0.3) is 0 Å². The quantitative estimate of drug-likeness (QED) is 0.702. The van der Waals surface area contributed by atoms with Crippen LogP contribution < -0.4 is 5.32 Å². The predicted molar refractivity (Wildman–Crippen MR) is 109 cm³/mol. The first-order valence-electron chi connectivity index (χ1n) is 8.96. The molecule has 1 aliphatic rings. The number of thioether (sulfide) groups is 1. The summed E-state index contributed by atoms with van der Waals surface area (Å²) in [4.78, 5) is 17.1. The van der Waals surface area contributed by atoms with Gasteiger partial charge in [0, 0.05) is 10.7 Å². The van der Waals surface area contributed by atoms with Crippen molar-refractivity contribution in [1.29, 1.82) is 5.26 Å². The highest BCUT2D eigenvalue weighted by Gasteiger charge is 2.33. The van der Waals surface area contributed by atoms with Crippen LogP contribution in [-0.2, 0) is 4.79 Å². The average molecular weight is 400 g/mol. The molecule has 2 aromatic rings. The van der Waals surface area contributed by atoms with Gasteiger partial charge in [-0.05, 0) is 68.4 Å². The summed E-state index contributed by atoms with van der Waals surface area (Å²) in [6, 6.07) is 9.90. The van der Waals surface area contributed by atoms with Crippen LogP contribution in [0.2, 0.25) is 5.02 Å². The van der Waals surface area contributed by atoms with E-state index >= 15 is 0 Å². The standard InChI is InChI=1S/C21H22ClN3OS/c1-12-13(2)18(10-23)21(24-14(12)3)27-11-19(26)25-20(15-4-5-15)16-6-8-17(22)9-7-16/h6-9,15,20H,4-5,11H2,1-3H3,(H,25,26). The molecule has 1 fully saturated rings. The fourth-order valence-electron chi connectivity index (χ4n) is 3.07. The summed E-state index contributed by atoms with van der Waals surface area (Å²) in [5.41, 5.74) is 4.50. The fourth-order valence-corrected chi connectivity index (χ4v) is 4.09. The van der Waals surface area contributed by atoms with Crippen molar-refractivity contribution in [2.45, 2.75) is 44.7 Å². The zero-order valence-corrected chi connectivity index (χ0v) is 17.2. The number of hydrogen-bond acceptors (Lipinski definition) is 4. The number of aromatic nitrogens is 1. The Labute approximate surface area is 169 Å². The van der Waals surface area contributed by atoms with E-state index in [4.69, 9.17) is 11.6 Å². The van der Waals surface area contributed by atoms with Gasteiger partial charge < -0.3 is 5.32 Å². The minimum Gasteiger partial charge on any atom is -0.348 e. The number of pyridine rings is 1. The number of carbonyl (C=O) groups excluding carboxylic acids is 1. The first kappa shape index (κ1) is 19.7. The molecule has 0 radical (unpaired) electrons. The topological polar surface area (TPSA) is 65.8 Å². The third-order valence-corrected chi connectivity index (χ3v) is 6.28. The van der Waals surface area contributed by atoms with Crippen molar-refractivity contribution in [2.75, 3.05) is 5.75 Å². The lowest BCUT2D eigenvalue weighted by atomic mass is 10.0. The molecule has 6 heteroatoms. The van der Waals surface area contributed by atoms with E-state index < -0.39 is 0 Å². The monoisotopic (exact) mass is 399 g/mol. The number of carbonyl (C=O) groups is 1. The lowest BCUT2D eigenvalue weighted by Gasteiger charge is -2.19. The Morgan fingerprint density at radius 1 is 1.30 bits per heavy atom. The largest absolute Gasteiger partial charge is 0.348 e. The van der Waals surface area contributed by atoms with Crippen LogP contribution >= 0.6 is 23.4 Å². The molecule has 1 unspecified atom stereocenters. The predicted octanol–water partition coefficient (Wildman–Crippen LogP) is 4.89. The summed E-state index contributed by atoms with van der Waals surface area (Å²) in [5.74, 6) is 0.672. The first-order valence-corrected chi connectivity index (χ1v) is 10.3. The second-order valence-electron chi connectivity index (χ2n) is 6.96. The number of halogens is 1. The molecule has 140 valence electrons. The number of nitrogens with one attached hydrogen (secondary N) is 1. The van der Waals surface area contributed by atoms with Gasteiger partial charge in [0.15, 0.2) is 0 Å². The van der Waals surface area contributed by atoms with Gasteiger partial charge in [0.2, 0.25) is 5.91 Å². The van der Waals surface area contributed by atoms with Gasteiger partial charge in [-0.2, -0.15) is 5.26 Å². The molecule has 1 aliphatic carbocycles. The molecule has 1 N–H and O–H groups in total. The summed E-state index contributed by atoms with van der Waals surface area (Å²) >= 11 is 7.30. The van der Waals surface area contributed by atoms with Crippen LogP contribution in [0, 0.1) is 38.0 Å². The fraction of sp³-hybridized carbons (Fsp3) is 0.381. The molecule has 27 heavy (non-hydrogen) atoms. The van der Waals surface area contributed by atoms with Gasteiger partial charge in [0.05, 0.1) is 17.4 Å². The molecule has 1 amide bonds. The van der Waals surface area contributed by atoms with Crippen LogP contribution in [0.15, 0.2) is 29.3 Å². The normalized spacial score (nSPS) is 14.5. The second-order valence-corrected chi connectivity index (χ2v) is 8.36. The van der Waals surface area contributed by atoms with Gasteiger partial charge >= 0.3 is 0 Å². The Bertz CT molecular complexity index is 901. The highest BCUT2D eigenvalue weighted by molar-refractivity contribution is 8.00. The van der Waals surface area contributed by atoms with Gasteiger partial charge in [-0.3, -0.25) is 4.79 Å².